The van der Waals surface area contributed by atoms with Gasteiger partial charge in [0.2, 0.25) is 0 Å². The molecule has 1 heterocycles. The number of nitrogens with one attached hydrogen (secondary N) is 1. The Morgan fingerprint density at radius 3 is 2.81 bits per heavy atom. The summed E-state index contributed by atoms with van der Waals surface area (Å²) in [4.78, 5) is 11.9. The summed E-state index contributed by atoms with van der Waals surface area (Å²) in [7, 11) is 0. The maximum atomic E-state index is 11.9. The van der Waals surface area contributed by atoms with Crippen LogP contribution in [0.15, 0.2) is 24.3 Å². The van der Waals surface area contributed by atoms with Crippen molar-refractivity contribution in [3.8, 4) is 11.8 Å². The highest BCUT2D eigenvalue weighted by Crippen LogP contribution is 2.05. The van der Waals surface area contributed by atoms with E-state index in [-0.39, 0.29) is 12.5 Å². The van der Waals surface area contributed by atoms with Crippen LogP contribution in [0.5, 0.6) is 0 Å². The van der Waals surface area contributed by atoms with Gasteiger partial charge in [-0.05, 0) is 17.7 Å². The van der Waals surface area contributed by atoms with Crippen molar-refractivity contribution in [2.45, 2.75) is 19.1 Å². The van der Waals surface area contributed by atoms with Crippen LogP contribution in [-0.2, 0) is 20.8 Å². The van der Waals surface area contributed by atoms with Gasteiger partial charge in [-0.3, -0.25) is 4.79 Å². The van der Waals surface area contributed by atoms with Crippen molar-refractivity contribution < 1.29 is 19.4 Å². The molecule has 0 aliphatic carbocycles. The first-order valence-corrected chi connectivity index (χ1v) is 6.95. The normalized spacial score (nSPS) is 17.7. The van der Waals surface area contributed by atoms with Gasteiger partial charge in [0.05, 0.1) is 26.4 Å². The van der Waals surface area contributed by atoms with Gasteiger partial charge in [0.1, 0.15) is 0 Å². The van der Waals surface area contributed by atoms with Gasteiger partial charge in [-0.2, -0.15) is 0 Å². The fraction of sp³-hybridized carbons (Fsp3) is 0.438. The van der Waals surface area contributed by atoms with Crippen LogP contribution in [0.25, 0.3) is 0 Å². The summed E-state index contributed by atoms with van der Waals surface area (Å²) in [6.45, 7) is 1.83. The number of benzene rings is 1. The van der Waals surface area contributed by atoms with E-state index in [0.29, 0.717) is 32.8 Å². The van der Waals surface area contributed by atoms with E-state index in [4.69, 9.17) is 14.6 Å². The number of aliphatic hydroxyl groups excluding tert-OH is 1. The quantitative estimate of drug-likeness (QED) is 0.790. The molecule has 21 heavy (non-hydrogen) atoms. The molecule has 5 heteroatoms. The van der Waals surface area contributed by atoms with Crippen LogP contribution >= 0.6 is 0 Å². The molecule has 0 bridgehead atoms. The van der Waals surface area contributed by atoms with E-state index in [1.807, 2.05) is 24.3 Å². The van der Waals surface area contributed by atoms with Crippen molar-refractivity contribution in [1.82, 2.24) is 5.32 Å². The summed E-state index contributed by atoms with van der Waals surface area (Å²) in [6.07, 6.45) is -0.0382. The maximum Gasteiger partial charge on any atom is 0.251 e. The van der Waals surface area contributed by atoms with E-state index in [9.17, 15) is 4.79 Å². The van der Waals surface area contributed by atoms with Crippen LogP contribution in [0, 0.1) is 11.8 Å². The molecule has 2 rings (SSSR count). The first-order chi connectivity index (χ1) is 10.3. The molecule has 112 valence electrons. The lowest BCUT2D eigenvalue weighted by atomic mass is 10.1. The van der Waals surface area contributed by atoms with Crippen molar-refractivity contribution in [2.75, 3.05) is 26.4 Å². The third-order valence-corrected chi connectivity index (χ3v) is 3.00. The molecule has 1 aromatic carbocycles. The molecule has 1 aliphatic heterocycles. The average molecular weight is 289 g/mol. The Kier molecular flexibility index (Phi) is 6.22. The van der Waals surface area contributed by atoms with Crippen molar-refractivity contribution in [1.29, 1.82) is 0 Å². The lowest BCUT2D eigenvalue weighted by molar-refractivity contribution is -0.147. The molecular formula is C16H19NO4. The second-order valence-electron chi connectivity index (χ2n) is 4.62. The van der Waals surface area contributed by atoms with Gasteiger partial charge in [0.15, 0.2) is 6.10 Å². The van der Waals surface area contributed by atoms with Gasteiger partial charge in [0, 0.05) is 18.5 Å². The van der Waals surface area contributed by atoms with Gasteiger partial charge in [0.25, 0.3) is 5.91 Å². The Morgan fingerprint density at radius 1 is 1.33 bits per heavy atom. The molecule has 5 nitrogen and oxygen atoms in total. The highest BCUT2D eigenvalue weighted by Gasteiger charge is 2.21. The summed E-state index contributed by atoms with van der Waals surface area (Å²) < 4.78 is 10.5. The summed E-state index contributed by atoms with van der Waals surface area (Å²) in [5, 5.41) is 11.5. The van der Waals surface area contributed by atoms with Crippen molar-refractivity contribution >= 4 is 5.91 Å². The third-order valence-electron chi connectivity index (χ3n) is 3.00. The minimum atomic E-state index is -0.512. The zero-order chi connectivity index (χ0) is 14.9. The van der Waals surface area contributed by atoms with Crippen LogP contribution in [-0.4, -0.2) is 43.5 Å². The lowest BCUT2D eigenvalue weighted by Crippen LogP contribution is -2.42. The Hall–Kier alpha value is -1.87. The Bertz CT molecular complexity index is 509. The van der Waals surface area contributed by atoms with Gasteiger partial charge >= 0.3 is 0 Å². The monoisotopic (exact) mass is 289 g/mol. The lowest BCUT2D eigenvalue weighted by Gasteiger charge is -2.22. The van der Waals surface area contributed by atoms with Gasteiger partial charge in [-0.25, -0.2) is 0 Å². The molecular weight excluding hydrogens is 270 g/mol. The molecule has 1 fully saturated rings. The van der Waals surface area contributed by atoms with Crippen LogP contribution in [0.1, 0.15) is 17.5 Å². The molecule has 2 N–H and O–H groups in total. The molecule has 1 aliphatic rings. The zero-order valence-corrected chi connectivity index (χ0v) is 11.8. The van der Waals surface area contributed by atoms with Gasteiger partial charge in [-0.1, -0.05) is 24.0 Å². The van der Waals surface area contributed by atoms with E-state index < -0.39 is 6.10 Å². The standard InChI is InChI=1S/C16H19NO4/c18-8-2-1-3-13-4-6-14(7-5-13)11-17-16(19)15-12-20-9-10-21-15/h4-7,15,18H,2,8-12H2,(H,17,19). The minimum absolute atomic E-state index is 0.0735. The summed E-state index contributed by atoms with van der Waals surface area (Å²) in [5.41, 5.74) is 1.88. The average Bonchev–Trinajstić information content (AvgIpc) is 2.55. The van der Waals surface area contributed by atoms with E-state index in [1.54, 1.807) is 0 Å². The summed E-state index contributed by atoms with van der Waals surface area (Å²) >= 11 is 0. The minimum Gasteiger partial charge on any atom is -0.395 e. The Labute approximate surface area is 124 Å². The molecule has 0 spiro atoms. The fourth-order valence-corrected chi connectivity index (χ4v) is 1.87. The molecule has 1 saturated heterocycles. The van der Waals surface area contributed by atoms with E-state index in [1.165, 1.54) is 0 Å². The molecule has 1 atom stereocenters. The number of carbonyl (C=O) groups excluding carboxylic acids is 1. The predicted octanol–water partition coefficient (Wildman–Crippen LogP) is 0.452. The summed E-state index contributed by atoms with van der Waals surface area (Å²) in [5.74, 6) is 5.67. The van der Waals surface area contributed by atoms with Crippen LogP contribution in [0.4, 0.5) is 0 Å². The Balaban J connectivity index is 1.80. The number of carbonyl (C=O) groups is 1. The van der Waals surface area contributed by atoms with Gasteiger partial charge < -0.3 is 19.9 Å². The largest absolute Gasteiger partial charge is 0.395 e. The highest BCUT2D eigenvalue weighted by molar-refractivity contribution is 5.80. The third kappa shape index (κ3) is 5.20. The van der Waals surface area contributed by atoms with Crippen molar-refractivity contribution in [3.05, 3.63) is 35.4 Å². The fourth-order valence-electron chi connectivity index (χ4n) is 1.87. The number of hydrogen-bond acceptors (Lipinski definition) is 4. The van der Waals surface area contributed by atoms with Crippen molar-refractivity contribution in [3.63, 3.8) is 0 Å². The van der Waals surface area contributed by atoms with Crippen LogP contribution in [0.3, 0.4) is 0 Å². The number of aliphatic hydroxyl groups is 1. The number of ether oxygens (including phenoxy) is 2. The smallest absolute Gasteiger partial charge is 0.251 e. The van der Waals surface area contributed by atoms with Crippen molar-refractivity contribution in [2.24, 2.45) is 0 Å². The summed E-state index contributed by atoms with van der Waals surface area (Å²) in [6, 6.07) is 7.63. The predicted molar refractivity (Wildman–Crippen MR) is 77.4 cm³/mol. The first-order valence-electron chi connectivity index (χ1n) is 6.95. The van der Waals surface area contributed by atoms with Crippen LogP contribution < -0.4 is 5.32 Å². The van der Waals surface area contributed by atoms with E-state index in [0.717, 1.165) is 11.1 Å². The molecule has 1 aromatic rings. The van der Waals surface area contributed by atoms with Crippen LogP contribution in [0.2, 0.25) is 0 Å². The molecule has 1 unspecified atom stereocenters. The highest BCUT2D eigenvalue weighted by atomic mass is 16.6. The second kappa shape index (κ2) is 8.42. The number of hydrogen-bond donors (Lipinski definition) is 2. The maximum absolute atomic E-state index is 11.9. The zero-order valence-electron chi connectivity index (χ0n) is 11.8. The number of amides is 1. The molecule has 0 aromatic heterocycles. The topological polar surface area (TPSA) is 67.8 Å². The SMILES string of the molecule is O=C(NCc1ccc(C#CCCO)cc1)C1COCCO1. The molecule has 1 amide bonds. The molecule has 0 radical (unpaired) electrons. The first kappa shape index (κ1) is 15.5. The Morgan fingerprint density at radius 2 is 2.14 bits per heavy atom. The van der Waals surface area contributed by atoms with E-state index >= 15 is 0 Å². The second-order valence-corrected chi connectivity index (χ2v) is 4.62. The van der Waals surface area contributed by atoms with Gasteiger partial charge in [-0.15, -0.1) is 0 Å². The van der Waals surface area contributed by atoms with E-state index in [2.05, 4.69) is 17.2 Å². The molecule has 0 saturated carbocycles. The number of rotatable bonds is 4.